The number of carbonyl (C=O) groups excluding carboxylic acids is 2. The van der Waals surface area contributed by atoms with Gasteiger partial charge in [0.05, 0.1) is 0 Å². The Morgan fingerprint density at radius 3 is 2.36 bits per heavy atom. The largest absolute Gasteiger partial charge is 0.355 e. The summed E-state index contributed by atoms with van der Waals surface area (Å²) in [7, 11) is 3.36. The van der Waals surface area contributed by atoms with E-state index in [0.29, 0.717) is 17.7 Å². The van der Waals surface area contributed by atoms with Gasteiger partial charge in [0.15, 0.2) is 0 Å². The zero-order valence-electron chi connectivity index (χ0n) is 12.5. The number of nitrogens with zero attached hydrogens (tertiary/aromatic N) is 1. The van der Waals surface area contributed by atoms with Gasteiger partial charge in [-0.3, -0.25) is 9.59 Å². The van der Waals surface area contributed by atoms with Gasteiger partial charge in [-0.25, -0.2) is 0 Å². The lowest BCUT2D eigenvalue weighted by Gasteiger charge is -2.17. The number of nitrogens with one attached hydrogen (secondary N) is 1. The minimum atomic E-state index is -0.120. The Morgan fingerprint density at radius 1 is 1.09 bits per heavy atom. The van der Waals surface area contributed by atoms with Crippen molar-refractivity contribution in [3.8, 4) is 0 Å². The highest BCUT2D eigenvalue weighted by molar-refractivity contribution is 9.10. The van der Waals surface area contributed by atoms with Gasteiger partial charge in [0.25, 0.3) is 11.8 Å². The summed E-state index contributed by atoms with van der Waals surface area (Å²) in [6.45, 7) is 0.485. The molecule has 0 atom stereocenters. The number of benzene rings is 2. The average molecular weight is 361 g/mol. The summed E-state index contributed by atoms with van der Waals surface area (Å²) < 4.78 is 0.877. The molecule has 0 saturated heterocycles. The van der Waals surface area contributed by atoms with Crippen molar-refractivity contribution in [3.63, 3.8) is 0 Å². The quantitative estimate of drug-likeness (QED) is 0.910. The van der Waals surface area contributed by atoms with Crippen molar-refractivity contribution >= 4 is 27.7 Å². The van der Waals surface area contributed by atoms with E-state index in [2.05, 4.69) is 21.2 Å². The molecule has 0 bridgehead atoms. The van der Waals surface area contributed by atoms with Crippen LogP contribution in [0.25, 0.3) is 0 Å². The second-order valence-electron chi connectivity index (χ2n) is 4.95. The van der Waals surface area contributed by atoms with Gasteiger partial charge in [-0.15, -0.1) is 0 Å². The second-order valence-corrected chi connectivity index (χ2v) is 5.86. The molecule has 1 N–H and O–H groups in total. The van der Waals surface area contributed by atoms with E-state index < -0.39 is 0 Å². The Morgan fingerprint density at radius 2 is 1.77 bits per heavy atom. The molecule has 0 saturated carbocycles. The summed E-state index contributed by atoms with van der Waals surface area (Å²) in [4.78, 5) is 25.5. The van der Waals surface area contributed by atoms with Gasteiger partial charge in [0, 0.05) is 36.2 Å². The highest BCUT2D eigenvalue weighted by Crippen LogP contribution is 2.14. The van der Waals surface area contributed by atoms with Crippen LogP contribution in [-0.4, -0.2) is 30.8 Å². The van der Waals surface area contributed by atoms with Crippen molar-refractivity contribution in [2.45, 2.75) is 6.54 Å². The SMILES string of the molecule is CNC(=O)c1ccc(CN(C)C(=O)c2cccc(Br)c2)cc1. The predicted molar refractivity (Wildman–Crippen MR) is 89.8 cm³/mol. The molecule has 0 aromatic heterocycles. The lowest BCUT2D eigenvalue weighted by molar-refractivity contribution is 0.0784. The van der Waals surface area contributed by atoms with E-state index in [-0.39, 0.29) is 11.8 Å². The maximum atomic E-state index is 12.4. The fraction of sp³-hybridized carbons (Fsp3) is 0.176. The summed E-state index contributed by atoms with van der Waals surface area (Å²) in [6.07, 6.45) is 0. The number of hydrogen-bond acceptors (Lipinski definition) is 2. The number of amides is 2. The van der Waals surface area contributed by atoms with Crippen LogP contribution in [0.5, 0.6) is 0 Å². The van der Waals surface area contributed by atoms with E-state index in [4.69, 9.17) is 0 Å². The molecular weight excluding hydrogens is 344 g/mol. The normalized spacial score (nSPS) is 10.1. The third-order valence-electron chi connectivity index (χ3n) is 3.28. The summed E-state index contributed by atoms with van der Waals surface area (Å²) in [5, 5.41) is 2.58. The Labute approximate surface area is 138 Å². The van der Waals surface area contributed by atoms with E-state index in [1.54, 1.807) is 43.3 Å². The lowest BCUT2D eigenvalue weighted by atomic mass is 10.1. The summed E-state index contributed by atoms with van der Waals surface area (Å²) in [6, 6.07) is 14.5. The maximum Gasteiger partial charge on any atom is 0.253 e. The molecule has 2 amide bonds. The van der Waals surface area contributed by atoms with Crippen molar-refractivity contribution < 1.29 is 9.59 Å². The van der Waals surface area contributed by atoms with E-state index in [0.717, 1.165) is 10.0 Å². The van der Waals surface area contributed by atoms with Crippen LogP contribution in [0.2, 0.25) is 0 Å². The summed E-state index contributed by atoms with van der Waals surface area (Å²) >= 11 is 3.37. The lowest BCUT2D eigenvalue weighted by Crippen LogP contribution is -2.26. The minimum Gasteiger partial charge on any atom is -0.355 e. The van der Waals surface area contributed by atoms with Crippen molar-refractivity contribution in [2.24, 2.45) is 0 Å². The average Bonchev–Trinajstić information content (AvgIpc) is 2.54. The van der Waals surface area contributed by atoms with Gasteiger partial charge in [0.2, 0.25) is 0 Å². The van der Waals surface area contributed by atoms with E-state index >= 15 is 0 Å². The van der Waals surface area contributed by atoms with Crippen LogP contribution in [0.3, 0.4) is 0 Å². The van der Waals surface area contributed by atoms with Crippen LogP contribution in [0, 0.1) is 0 Å². The van der Waals surface area contributed by atoms with Crippen LogP contribution >= 0.6 is 15.9 Å². The number of hydrogen-bond donors (Lipinski definition) is 1. The molecule has 22 heavy (non-hydrogen) atoms. The number of halogens is 1. The van der Waals surface area contributed by atoms with Gasteiger partial charge in [-0.1, -0.05) is 34.1 Å². The Hall–Kier alpha value is -2.14. The molecule has 0 aliphatic heterocycles. The topological polar surface area (TPSA) is 49.4 Å². The van der Waals surface area contributed by atoms with Crippen molar-refractivity contribution in [3.05, 3.63) is 69.7 Å². The molecular formula is C17H17BrN2O2. The smallest absolute Gasteiger partial charge is 0.253 e. The molecule has 2 aromatic rings. The number of rotatable bonds is 4. The summed E-state index contributed by atoms with van der Waals surface area (Å²) in [5.41, 5.74) is 2.21. The molecule has 2 aromatic carbocycles. The Kier molecular flexibility index (Phi) is 5.33. The molecule has 0 unspecified atom stereocenters. The summed E-state index contributed by atoms with van der Waals surface area (Å²) in [5.74, 6) is -0.165. The first-order chi connectivity index (χ1) is 10.5. The van der Waals surface area contributed by atoms with Crippen LogP contribution in [0.1, 0.15) is 26.3 Å². The molecule has 0 fully saturated rings. The zero-order chi connectivity index (χ0) is 16.1. The Balaban J connectivity index is 2.06. The van der Waals surface area contributed by atoms with Crippen LogP contribution in [0.4, 0.5) is 0 Å². The Bertz CT molecular complexity index is 683. The molecule has 0 aliphatic rings. The van der Waals surface area contributed by atoms with Gasteiger partial charge in [-0.05, 0) is 35.9 Å². The van der Waals surface area contributed by atoms with E-state index in [1.165, 1.54) is 0 Å². The van der Waals surface area contributed by atoms with Crippen LogP contribution in [0.15, 0.2) is 53.0 Å². The highest BCUT2D eigenvalue weighted by atomic mass is 79.9. The molecule has 2 rings (SSSR count). The van der Waals surface area contributed by atoms with Crippen LogP contribution < -0.4 is 5.32 Å². The molecule has 4 nitrogen and oxygen atoms in total. The van der Waals surface area contributed by atoms with Gasteiger partial charge >= 0.3 is 0 Å². The molecule has 114 valence electrons. The van der Waals surface area contributed by atoms with Gasteiger partial charge < -0.3 is 10.2 Å². The molecule has 0 radical (unpaired) electrons. The monoisotopic (exact) mass is 360 g/mol. The van der Waals surface area contributed by atoms with E-state index in [9.17, 15) is 9.59 Å². The molecule has 0 heterocycles. The maximum absolute atomic E-state index is 12.4. The predicted octanol–water partition coefficient (Wildman–Crippen LogP) is 3.08. The fourth-order valence-corrected chi connectivity index (χ4v) is 2.49. The van der Waals surface area contributed by atoms with Crippen LogP contribution in [-0.2, 0) is 6.54 Å². The standard InChI is InChI=1S/C17H17BrN2O2/c1-19-16(21)13-8-6-12(7-9-13)11-20(2)17(22)14-4-3-5-15(18)10-14/h3-10H,11H2,1-2H3,(H,19,21). The number of carbonyl (C=O) groups is 2. The third-order valence-corrected chi connectivity index (χ3v) is 3.77. The van der Waals surface area contributed by atoms with Gasteiger partial charge in [-0.2, -0.15) is 0 Å². The second kappa shape index (κ2) is 7.22. The first-order valence-electron chi connectivity index (χ1n) is 6.83. The highest BCUT2D eigenvalue weighted by Gasteiger charge is 2.12. The van der Waals surface area contributed by atoms with Crippen molar-refractivity contribution in [1.82, 2.24) is 10.2 Å². The first-order valence-corrected chi connectivity index (χ1v) is 7.62. The van der Waals surface area contributed by atoms with Crippen molar-refractivity contribution in [2.75, 3.05) is 14.1 Å². The zero-order valence-corrected chi connectivity index (χ0v) is 14.1. The van der Waals surface area contributed by atoms with Gasteiger partial charge in [0.1, 0.15) is 0 Å². The van der Waals surface area contributed by atoms with Crippen molar-refractivity contribution in [1.29, 1.82) is 0 Å². The molecule has 0 aliphatic carbocycles. The first kappa shape index (κ1) is 16.2. The fourth-order valence-electron chi connectivity index (χ4n) is 2.09. The third kappa shape index (κ3) is 3.95. The minimum absolute atomic E-state index is 0.0447. The molecule has 5 heteroatoms. The van der Waals surface area contributed by atoms with E-state index in [1.807, 2.05) is 24.3 Å². The molecule has 0 spiro atoms.